The second-order valence-electron chi connectivity index (χ2n) is 4.94. The van der Waals surface area contributed by atoms with Crippen molar-refractivity contribution >= 4 is 29.1 Å². The van der Waals surface area contributed by atoms with Crippen LogP contribution >= 0.6 is 11.6 Å². The van der Waals surface area contributed by atoms with Crippen LogP contribution < -0.4 is 15.4 Å². The first-order valence-corrected chi connectivity index (χ1v) is 7.71. The molecule has 1 aromatic heterocycles. The maximum atomic E-state index is 6.15. The molecule has 6 nitrogen and oxygen atoms in total. The number of halogens is 1. The van der Waals surface area contributed by atoms with Crippen LogP contribution in [0.2, 0.25) is 5.02 Å². The first-order valence-electron chi connectivity index (χ1n) is 7.33. The lowest BCUT2D eigenvalue weighted by atomic mass is 10.2. The Bertz CT molecular complexity index is 827. The van der Waals surface area contributed by atoms with Crippen LogP contribution in [0.1, 0.15) is 5.56 Å². The Balaban J connectivity index is 1.71. The molecule has 1 heterocycles. The van der Waals surface area contributed by atoms with Gasteiger partial charge in [-0.3, -0.25) is 0 Å². The first-order chi connectivity index (χ1) is 11.8. The SMILES string of the molecule is COc1ccccc1Nc1nncc(NCc2ccccc2Cl)n1. The van der Waals surface area contributed by atoms with Crippen molar-refractivity contribution in [2.45, 2.75) is 6.54 Å². The van der Waals surface area contributed by atoms with Gasteiger partial charge in [0.05, 0.1) is 19.0 Å². The summed E-state index contributed by atoms with van der Waals surface area (Å²) in [5, 5.41) is 14.9. The molecule has 3 rings (SSSR count). The summed E-state index contributed by atoms with van der Waals surface area (Å²) in [6, 6.07) is 15.2. The summed E-state index contributed by atoms with van der Waals surface area (Å²) in [6.07, 6.45) is 1.56. The molecule has 0 atom stereocenters. The molecule has 0 saturated heterocycles. The van der Waals surface area contributed by atoms with Crippen molar-refractivity contribution in [3.05, 3.63) is 65.3 Å². The number of aromatic nitrogens is 3. The molecule has 0 fully saturated rings. The Kier molecular flexibility index (Phi) is 5.08. The van der Waals surface area contributed by atoms with Crippen LogP contribution in [-0.2, 0) is 6.54 Å². The molecule has 122 valence electrons. The van der Waals surface area contributed by atoms with E-state index in [2.05, 4.69) is 25.8 Å². The minimum atomic E-state index is 0.378. The zero-order valence-electron chi connectivity index (χ0n) is 13.0. The molecular weight excluding hydrogens is 326 g/mol. The van der Waals surface area contributed by atoms with Crippen molar-refractivity contribution < 1.29 is 4.74 Å². The molecule has 0 aliphatic rings. The van der Waals surface area contributed by atoms with E-state index in [0.717, 1.165) is 11.3 Å². The molecule has 0 aliphatic carbocycles. The van der Waals surface area contributed by atoms with Crippen molar-refractivity contribution in [3.63, 3.8) is 0 Å². The number of para-hydroxylation sites is 2. The van der Waals surface area contributed by atoms with Gasteiger partial charge in [0, 0.05) is 11.6 Å². The highest BCUT2D eigenvalue weighted by Gasteiger charge is 2.06. The molecule has 24 heavy (non-hydrogen) atoms. The molecule has 2 aromatic carbocycles. The zero-order chi connectivity index (χ0) is 16.8. The van der Waals surface area contributed by atoms with Crippen LogP contribution in [-0.4, -0.2) is 22.3 Å². The van der Waals surface area contributed by atoms with Crippen LogP contribution in [0.15, 0.2) is 54.7 Å². The van der Waals surface area contributed by atoms with E-state index in [-0.39, 0.29) is 0 Å². The molecule has 0 aliphatic heterocycles. The molecule has 0 amide bonds. The van der Waals surface area contributed by atoms with Crippen molar-refractivity contribution in [2.24, 2.45) is 0 Å². The smallest absolute Gasteiger partial charge is 0.249 e. The lowest BCUT2D eigenvalue weighted by Crippen LogP contribution is -2.06. The number of nitrogens with one attached hydrogen (secondary N) is 2. The third-order valence-corrected chi connectivity index (χ3v) is 3.70. The lowest BCUT2D eigenvalue weighted by molar-refractivity contribution is 0.417. The average Bonchev–Trinajstić information content (AvgIpc) is 2.62. The Morgan fingerprint density at radius 1 is 1.08 bits per heavy atom. The van der Waals surface area contributed by atoms with Crippen LogP contribution in [0, 0.1) is 0 Å². The second-order valence-corrected chi connectivity index (χ2v) is 5.34. The number of hydrogen-bond acceptors (Lipinski definition) is 6. The standard InChI is InChI=1S/C17H16ClN5O/c1-24-15-9-5-4-8-14(15)21-17-22-16(11-20-23-17)19-10-12-6-2-3-7-13(12)18/h2-9,11H,10H2,1H3,(H2,19,21,22,23). The predicted octanol–water partition coefficient (Wildman–Crippen LogP) is 3.89. The summed E-state index contributed by atoms with van der Waals surface area (Å²) in [5.74, 6) is 1.68. The second kappa shape index (κ2) is 7.61. The fourth-order valence-corrected chi connectivity index (χ4v) is 2.34. The van der Waals surface area contributed by atoms with Crippen molar-refractivity contribution in [3.8, 4) is 5.75 Å². The number of nitrogens with zero attached hydrogens (tertiary/aromatic N) is 3. The summed E-state index contributed by atoms with van der Waals surface area (Å²) in [7, 11) is 1.61. The van der Waals surface area contributed by atoms with E-state index in [4.69, 9.17) is 16.3 Å². The molecule has 0 radical (unpaired) electrons. The largest absolute Gasteiger partial charge is 0.495 e. The fraction of sp³-hybridized carbons (Fsp3) is 0.118. The summed E-state index contributed by atoms with van der Waals surface area (Å²) >= 11 is 6.15. The normalized spacial score (nSPS) is 10.2. The highest BCUT2D eigenvalue weighted by Crippen LogP contribution is 2.25. The van der Waals surface area contributed by atoms with E-state index in [0.29, 0.717) is 29.1 Å². The van der Waals surface area contributed by atoms with Gasteiger partial charge in [-0.05, 0) is 23.8 Å². The number of rotatable bonds is 6. The number of hydrogen-bond donors (Lipinski definition) is 2. The van der Waals surface area contributed by atoms with Crippen LogP contribution in [0.25, 0.3) is 0 Å². The van der Waals surface area contributed by atoms with Crippen molar-refractivity contribution in [2.75, 3.05) is 17.7 Å². The summed E-state index contributed by atoms with van der Waals surface area (Å²) in [6.45, 7) is 0.548. The molecule has 2 N–H and O–H groups in total. The van der Waals surface area contributed by atoms with E-state index in [1.165, 1.54) is 0 Å². The quantitative estimate of drug-likeness (QED) is 0.708. The van der Waals surface area contributed by atoms with Gasteiger partial charge < -0.3 is 15.4 Å². The fourth-order valence-electron chi connectivity index (χ4n) is 2.14. The number of ether oxygens (including phenoxy) is 1. The summed E-state index contributed by atoms with van der Waals surface area (Å²) in [4.78, 5) is 4.39. The van der Waals surface area contributed by atoms with Gasteiger partial charge in [0.2, 0.25) is 5.95 Å². The highest BCUT2D eigenvalue weighted by atomic mass is 35.5. The Morgan fingerprint density at radius 2 is 1.88 bits per heavy atom. The van der Waals surface area contributed by atoms with Gasteiger partial charge in [-0.25, -0.2) is 0 Å². The van der Waals surface area contributed by atoms with E-state index < -0.39 is 0 Å². The van der Waals surface area contributed by atoms with Gasteiger partial charge in [0.1, 0.15) is 5.75 Å². The van der Waals surface area contributed by atoms with Crippen LogP contribution in [0.3, 0.4) is 0 Å². The third kappa shape index (κ3) is 3.91. The van der Waals surface area contributed by atoms with Crippen molar-refractivity contribution in [1.82, 2.24) is 15.2 Å². The minimum absolute atomic E-state index is 0.378. The molecule has 0 saturated carbocycles. The van der Waals surface area contributed by atoms with Gasteiger partial charge in [-0.1, -0.05) is 41.9 Å². The molecular formula is C17H16ClN5O. The molecule has 7 heteroatoms. The van der Waals surface area contributed by atoms with Crippen LogP contribution in [0.5, 0.6) is 5.75 Å². The predicted molar refractivity (Wildman–Crippen MR) is 94.9 cm³/mol. The maximum Gasteiger partial charge on any atom is 0.249 e. The van der Waals surface area contributed by atoms with Crippen LogP contribution in [0.4, 0.5) is 17.5 Å². The Morgan fingerprint density at radius 3 is 2.71 bits per heavy atom. The summed E-state index contributed by atoms with van der Waals surface area (Å²) in [5.41, 5.74) is 1.75. The third-order valence-electron chi connectivity index (χ3n) is 3.33. The van der Waals surface area contributed by atoms with E-state index in [9.17, 15) is 0 Å². The summed E-state index contributed by atoms with van der Waals surface area (Å²) < 4.78 is 5.30. The highest BCUT2D eigenvalue weighted by molar-refractivity contribution is 6.31. The Hall–Kier alpha value is -2.86. The van der Waals surface area contributed by atoms with E-state index in [1.807, 2.05) is 48.5 Å². The van der Waals surface area contributed by atoms with Gasteiger partial charge in [-0.2, -0.15) is 10.1 Å². The van der Waals surface area contributed by atoms with Gasteiger partial charge in [0.25, 0.3) is 0 Å². The van der Waals surface area contributed by atoms with Gasteiger partial charge in [0.15, 0.2) is 5.82 Å². The first kappa shape index (κ1) is 16.0. The van der Waals surface area contributed by atoms with Gasteiger partial charge in [-0.15, -0.1) is 5.10 Å². The van der Waals surface area contributed by atoms with E-state index in [1.54, 1.807) is 13.3 Å². The maximum absolute atomic E-state index is 6.15. The average molecular weight is 342 g/mol. The molecule has 0 spiro atoms. The number of methoxy groups -OCH3 is 1. The molecule has 0 bridgehead atoms. The van der Waals surface area contributed by atoms with Gasteiger partial charge >= 0.3 is 0 Å². The molecule has 0 unspecified atom stereocenters. The number of benzene rings is 2. The zero-order valence-corrected chi connectivity index (χ0v) is 13.8. The van der Waals surface area contributed by atoms with E-state index >= 15 is 0 Å². The van der Waals surface area contributed by atoms with Crippen molar-refractivity contribution in [1.29, 1.82) is 0 Å². The topological polar surface area (TPSA) is 72.0 Å². The Labute approximate surface area is 144 Å². The minimum Gasteiger partial charge on any atom is -0.495 e. The lowest BCUT2D eigenvalue weighted by Gasteiger charge is -2.10. The number of anilines is 3. The monoisotopic (exact) mass is 341 g/mol. The molecule has 3 aromatic rings.